The summed E-state index contributed by atoms with van der Waals surface area (Å²) in [7, 11) is 0. The maximum Gasteiger partial charge on any atom is 0.452 e. The summed E-state index contributed by atoms with van der Waals surface area (Å²) in [4.78, 5) is 65.0. The SMILES string of the molecule is CC(C)C[C@H](NC(=O)[C@H](CCc1cccc2ccccc12)NC(=O)OCc1ccccc1)C(=O)N[C@@H](C[C@@H]1CCCNC1=O)C(=O)C(F)(F)F. The van der Waals surface area contributed by atoms with Crippen LogP contribution in [0.15, 0.2) is 72.8 Å². The van der Waals surface area contributed by atoms with E-state index in [-0.39, 0.29) is 31.8 Å². The first kappa shape index (κ1) is 37.9. The second kappa shape index (κ2) is 17.6. The summed E-state index contributed by atoms with van der Waals surface area (Å²) < 4.78 is 46.2. The third-order valence-electron chi connectivity index (χ3n) is 8.58. The molecule has 4 N–H and O–H groups in total. The fourth-order valence-corrected chi connectivity index (χ4v) is 6.01. The van der Waals surface area contributed by atoms with Crippen molar-refractivity contribution in [1.29, 1.82) is 0 Å². The lowest BCUT2D eigenvalue weighted by atomic mass is 9.89. The van der Waals surface area contributed by atoms with Crippen LogP contribution >= 0.6 is 0 Å². The Morgan fingerprint density at radius 1 is 0.860 bits per heavy atom. The first-order valence-electron chi connectivity index (χ1n) is 16.7. The lowest BCUT2D eigenvalue weighted by Gasteiger charge is -2.29. The molecule has 1 fully saturated rings. The molecular formula is C37H43F3N4O6. The molecule has 0 radical (unpaired) electrons. The van der Waals surface area contributed by atoms with E-state index in [4.69, 9.17) is 4.74 Å². The van der Waals surface area contributed by atoms with Gasteiger partial charge in [-0.05, 0) is 66.3 Å². The van der Waals surface area contributed by atoms with Crippen LogP contribution in [0.1, 0.15) is 57.1 Å². The van der Waals surface area contributed by atoms with Crippen LogP contribution in [0.25, 0.3) is 10.8 Å². The van der Waals surface area contributed by atoms with Gasteiger partial charge in [-0.3, -0.25) is 19.2 Å². The zero-order chi connectivity index (χ0) is 36.3. The molecule has 10 nitrogen and oxygen atoms in total. The monoisotopic (exact) mass is 696 g/mol. The average Bonchev–Trinajstić information content (AvgIpc) is 3.08. The summed E-state index contributed by atoms with van der Waals surface area (Å²) in [6.45, 7) is 3.83. The molecule has 0 saturated carbocycles. The molecule has 0 spiro atoms. The van der Waals surface area contributed by atoms with Gasteiger partial charge in [-0.25, -0.2) is 4.79 Å². The molecule has 0 aliphatic carbocycles. The first-order chi connectivity index (χ1) is 23.8. The van der Waals surface area contributed by atoms with Gasteiger partial charge in [-0.15, -0.1) is 0 Å². The molecule has 4 rings (SSSR count). The molecule has 1 aliphatic rings. The molecule has 1 saturated heterocycles. The van der Waals surface area contributed by atoms with Crippen molar-refractivity contribution in [2.24, 2.45) is 11.8 Å². The van der Waals surface area contributed by atoms with E-state index in [9.17, 15) is 37.1 Å². The van der Waals surface area contributed by atoms with E-state index in [2.05, 4.69) is 21.3 Å². The topological polar surface area (TPSA) is 143 Å². The second-order valence-electron chi connectivity index (χ2n) is 12.9. The van der Waals surface area contributed by atoms with E-state index in [1.165, 1.54) is 0 Å². The number of aryl methyl sites for hydroxylation is 1. The Morgan fingerprint density at radius 2 is 1.52 bits per heavy atom. The predicted molar refractivity (Wildman–Crippen MR) is 181 cm³/mol. The van der Waals surface area contributed by atoms with Crippen LogP contribution in [0.3, 0.4) is 0 Å². The summed E-state index contributed by atoms with van der Waals surface area (Å²) in [6.07, 6.45) is -5.43. The van der Waals surface area contributed by atoms with E-state index in [0.29, 0.717) is 19.4 Å². The highest BCUT2D eigenvalue weighted by atomic mass is 19.4. The van der Waals surface area contributed by atoms with Crippen LogP contribution in [-0.4, -0.2) is 60.4 Å². The zero-order valence-corrected chi connectivity index (χ0v) is 28.1. The van der Waals surface area contributed by atoms with Crippen molar-refractivity contribution in [2.75, 3.05) is 6.54 Å². The van der Waals surface area contributed by atoms with E-state index in [0.717, 1.165) is 21.9 Å². The maximum absolute atomic E-state index is 13.8. The Labute approximate surface area is 288 Å². The molecule has 4 atom stereocenters. The van der Waals surface area contributed by atoms with Gasteiger partial charge in [0.2, 0.25) is 17.7 Å². The number of amides is 4. The number of piperidine rings is 1. The Bertz CT molecular complexity index is 1640. The standard InChI is InChI=1S/C37H43F3N4O6/c1-23(2)20-31(35(48)42-30(32(45)37(38,39)40)21-27-15-9-19-41-33(27)46)43-34(47)29(44-36(49)50-22-24-10-4-3-5-11-24)18-17-26-14-8-13-25-12-6-7-16-28(25)26/h3-8,10-14,16,23,27,29-31H,9,15,17-22H2,1-2H3,(H,41,46)(H,42,48)(H,43,47)(H,44,49)/t27-,29-,30-,31-/m0/s1. The number of halogens is 3. The number of ether oxygens (including phenoxy) is 1. The van der Waals surface area contributed by atoms with Gasteiger partial charge in [0.05, 0.1) is 6.04 Å². The predicted octanol–water partition coefficient (Wildman–Crippen LogP) is 5.13. The number of alkyl halides is 3. The normalized spacial score (nSPS) is 16.5. The molecule has 1 aliphatic heterocycles. The summed E-state index contributed by atoms with van der Waals surface area (Å²) in [5.41, 5.74) is 1.64. The molecule has 3 aromatic carbocycles. The summed E-state index contributed by atoms with van der Waals surface area (Å²) >= 11 is 0. The molecule has 0 bridgehead atoms. The molecule has 50 heavy (non-hydrogen) atoms. The van der Waals surface area contributed by atoms with Crippen molar-refractivity contribution < 1.29 is 41.9 Å². The van der Waals surface area contributed by atoms with Crippen molar-refractivity contribution in [2.45, 2.75) is 83.3 Å². The summed E-state index contributed by atoms with van der Waals surface area (Å²) in [6, 6.07) is 17.8. The second-order valence-corrected chi connectivity index (χ2v) is 12.9. The van der Waals surface area contributed by atoms with Crippen LogP contribution in [0, 0.1) is 11.8 Å². The van der Waals surface area contributed by atoms with Gasteiger partial charge >= 0.3 is 12.3 Å². The Kier molecular flexibility index (Phi) is 13.4. The summed E-state index contributed by atoms with van der Waals surface area (Å²) in [5.74, 6) is -5.54. The minimum atomic E-state index is -5.27. The number of hydrogen-bond acceptors (Lipinski definition) is 6. The lowest BCUT2D eigenvalue weighted by Crippen LogP contribution is -2.57. The quantitative estimate of drug-likeness (QED) is 0.174. The number of carbonyl (C=O) groups is 5. The zero-order valence-electron chi connectivity index (χ0n) is 28.1. The first-order valence-corrected chi connectivity index (χ1v) is 16.7. The van der Waals surface area contributed by atoms with Crippen LogP contribution < -0.4 is 21.3 Å². The van der Waals surface area contributed by atoms with Gasteiger partial charge in [0.25, 0.3) is 5.78 Å². The number of hydrogen-bond donors (Lipinski definition) is 4. The number of nitrogens with one attached hydrogen (secondary N) is 4. The Balaban J connectivity index is 1.53. The number of Topliss-reactive ketones (excluding diaryl/α,β-unsaturated/α-hetero) is 1. The van der Waals surface area contributed by atoms with Crippen molar-refractivity contribution in [1.82, 2.24) is 21.3 Å². The molecule has 3 aromatic rings. The highest BCUT2D eigenvalue weighted by Gasteiger charge is 2.46. The number of benzene rings is 3. The molecule has 13 heteroatoms. The summed E-state index contributed by atoms with van der Waals surface area (Å²) in [5, 5.41) is 11.9. The Hall–Kier alpha value is -4.94. The number of rotatable bonds is 15. The van der Waals surface area contributed by atoms with Crippen LogP contribution in [0.5, 0.6) is 0 Å². The molecular weight excluding hydrogens is 653 g/mol. The van der Waals surface area contributed by atoms with Crippen LogP contribution in [0.4, 0.5) is 18.0 Å². The molecule has 0 aromatic heterocycles. The number of ketones is 1. The third kappa shape index (κ3) is 11.0. The van der Waals surface area contributed by atoms with Crippen molar-refractivity contribution >= 4 is 40.4 Å². The van der Waals surface area contributed by atoms with Crippen LogP contribution in [0.2, 0.25) is 0 Å². The van der Waals surface area contributed by atoms with E-state index >= 15 is 0 Å². The van der Waals surface area contributed by atoms with Crippen molar-refractivity contribution in [3.8, 4) is 0 Å². The van der Waals surface area contributed by atoms with Gasteiger partial charge < -0.3 is 26.0 Å². The van der Waals surface area contributed by atoms with Gasteiger partial charge in [0.1, 0.15) is 18.7 Å². The van der Waals surface area contributed by atoms with E-state index in [1.807, 2.05) is 48.5 Å². The van der Waals surface area contributed by atoms with Gasteiger partial charge in [-0.2, -0.15) is 13.2 Å². The van der Waals surface area contributed by atoms with Gasteiger partial charge in [0.15, 0.2) is 0 Å². The average molecular weight is 697 g/mol. The molecule has 0 unspecified atom stereocenters. The van der Waals surface area contributed by atoms with Crippen LogP contribution in [-0.2, 0) is 36.9 Å². The number of alkyl carbamates (subject to hydrolysis) is 1. The van der Waals surface area contributed by atoms with E-state index in [1.54, 1.807) is 38.1 Å². The van der Waals surface area contributed by atoms with E-state index < -0.39 is 66.2 Å². The number of carbonyl (C=O) groups excluding carboxylic acids is 5. The van der Waals surface area contributed by atoms with Crippen molar-refractivity contribution in [3.63, 3.8) is 0 Å². The minimum absolute atomic E-state index is 0.0168. The molecule has 4 amide bonds. The minimum Gasteiger partial charge on any atom is -0.445 e. The van der Waals surface area contributed by atoms with Crippen molar-refractivity contribution in [3.05, 3.63) is 83.9 Å². The fraction of sp³-hybridized carbons (Fsp3) is 0.432. The Morgan fingerprint density at radius 3 is 2.22 bits per heavy atom. The highest BCUT2D eigenvalue weighted by molar-refractivity contribution is 5.96. The highest BCUT2D eigenvalue weighted by Crippen LogP contribution is 2.25. The fourth-order valence-electron chi connectivity index (χ4n) is 6.01. The molecule has 268 valence electrons. The third-order valence-corrected chi connectivity index (χ3v) is 8.58. The molecule has 1 heterocycles. The van der Waals surface area contributed by atoms with Gasteiger partial charge in [-0.1, -0.05) is 86.6 Å². The largest absolute Gasteiger partial charge is 0.452 e. The maximum atomic E-state index is 13.8. The van der Waals surface area contributed by atoms with Gasteiger partial charge in [0, 0.05) is 12.5 Å². The smallest absolute Gasteiger partial charge is 0.445 e. The lowest BCUT2D eigenvalue weighted by molar-refractivity contribution is -0.174. The number of fused-ring (bicyclic) bond motifs is 1.